The summed E-state index contributed by atoms with van der Waals surface area (Å²) in [5.41, 5.74) is 0. The second-order valence-corrected chi connectivity index (χ2v) is 5.10. The van der Waals surface area contributed by atoms with E-state index in [-0.39, 0.29) is 5.91 Å². The molecule has 18 heavy (non-hydrogen) atoms. The Morgan fingerprint density at radius 3 is 2.61 bits per heavy atom. The van der Waals surface area contributed by atoms with Gasteiger partial charge in [-0.15, -0.1) is 0 Å². The summed E-state index contributed by atoms with van der Waals surface area (Å²) in [6, 6.07) is 0.406. The topological polar surface area (TPSA) is 69.6 Å². The van der Waals surface area contributed by atoms with Gasteiger partial charge in [-0.2, -0.15) is 0 Å². The highest BCUT2D eigenvalue weighted by Gasteiger charge is 2.32. The lowest BCUT2D eigenvalue weighted by molar-refractivity contribution is -0.142. The van der Waals surface area contributed by atoms with E-state index in [2.05, 4.69) is 12.2 Å². The molecular weight excluding hydrogens is 232 g/mol. The van der Waals surface area contributed by atoms with E-state index in [0.717, 1.165) is 25.7 Å². The van der Waals surface area contributed by atoms with E-state index < -0.39 is 11.9 Å². The van der Waals surface area contributed by atoms with Gasteiger partial charge in [0.2, 0.25) is 5.91 Å². The van der Waals surface area contributed by atoms with Gasteiger partial charge in [-0.05, 0) is 19.3 Å². The zero-order valence-corrected chi connectivity index (χ0v) is 11.3. The summed E-state index contributed by atoms with van der Waals surface area (Å²) < 4.78 is 0. The molecule has 0 aromatic heterocycles. The third-order valence-electron chi connectivity index (χ3n) is 3.19. The Kier molecular flexibility index (Phi) is 6.12. The summed E-state index contributed by atoms with van der Waals surface area (Å²) in [5, 5.41) is 11.8. The van der Waals surface area contributed by atoms with Crippen LogP contribution in [0.1, 0.15) is 39.5 Å². The van der Waals surface area contributed by atoms with Gasteiger partial charge >= 0.3 is 5.97 Å². The Morgan fingerprint density at radius 2 is 2.11 bits per heavy atom. The number of amides is 1. The zero-order valence-electron chi connectivity index (χ0n) is 11.3. The lowest BCUT2D eigenvalue weighted by Gasteiger charge is -2.23. The number of carbonyl (C=O) groups is 2. The molecule has 0 aromatic carbocycles. The van der Waals surface area contributed by atoms with Gasteiger partial charge in [0.05, 0.1) is 12.5 Å². The first-order valence-electron chi connectivity index (χ1n) is 6.78. The molecule has 1 aliphatic rings. The van der Waals surface area contributed by atoms with E-state index in [4.69, 9.17) is 5.11 Å². The molecule has 0 radical (unpaired) electrons. The van der Waals surface area contributed by atoms with Gasteiger partial charge in [0.25, 0.3) is 0 Å². The maximum Gasteiger partial charge on any atom is 0.307 e. The molecule has 5 nitrogen and oxygen atoms in total. The van der Waals surface area contributed by atoms with Gasteiger partial charge in [-0.25, -0.2) is 0 Å². The number of rotatable bonds is 9. The van der Waals surface area contributed by atoms with Gasteiger partial charge < -0.3 is 10.4 Å². The van der Waals surface area contributed by atoms with Crippen LogP contribution >= 0.6 is 0 Å². The number of hydrogen-bond acceptors (Lipinski definition) is 3. The molecule has 1 rings (SSSR count). The predicted molar refractivity (Wildman–Crippen MR) is 69.3 cm³/mol. The molecule has 1 aliphatic carbocycles. The van der Waals surface area contributed by atoms with Crippen LogP contribution in [-0.2, 0) is 9.59 Å². The van der Waals surface area contributed by atoms with Crippen LogP contribution in [0.2, 0.25) is 0 Å². The van der Waals surface area contributed by atoms with Crippen molar-refractivity contribution < 1.29 is 14.7 Å². The Bertz CT molecular complexity index is 290. The van der Waals surface area contributed by atoms with Crippen LogP contribution in [0.5, 0.6) is 0 Å². The van der Waals surface area contributed by atoms with Crippen LogP contribution < -0.4 is 5.32 Å². The van der Waals surface area contributed by atoms with Gasteiger partial charge in [-0.1, -0.05) is 20.3 Å². The number of hydrogen-bond donors (Lipinski definition) is 2. The molecule has 0 bridgehead atoms. The van der Waals surface area contributed by atoms with Crippen LogP contribution in [0.4, 0.5) is 0 Å². The molecular formula is C13H24N2O3. The van der Waals surface area contributed by atoms with Gasteiger partial charge in [-0.3, -0.25) is 14.5 Å². The van der Waals surface area contributed by atoms with E-state index in [9.17, 15) is 9.59 Å². The third-order valence-corrected chi connectivity index (χ3v) is 3.19. The second kappa shape index (κ2) is 7.36. The third kappa shape index (κ3) is 5.49. The number of carboxylic acids is 1. The molecule has 0 aromatic rings. The molecule has 0 spiro atoms. The Labute approximate surface area is 109 Å². The molecule has 1 atom stereocenters. The zero-order chi connectivity index (χ0) is 13.5. The van der Waals surface area contributed by atoms with Crippen molar-refractivity contribution in [2.75, 3.05) is 19.6 Å². The van der Waals surface area contributed by atoms with E-state index in [0.29, 0.717) is 25.7 Å². The summed E-state index contributed by atoms with van der Waals surface area (Å²) in [7, 11) is 0. The average molecular weight is 256 g/mol. The largest absolute Gasteiger partial charge is 0.481 e. The van der Waals surface area contributed by atoms with E-state index in [1.54, 1.807) is 6.92 Å². The van der Waals surface area contributed by atoms with Crippen LogP contribution in [0.15, 0.2) is 0 Å². The number of carbonyl (C=O) groups excluding carboxylic acids is 1. The minimum Gasteiger partial charge on any atom is -0.481 e. The van der Waals surface area contributed by atoms with E-state index >= 15 is 0 Å². The molecule has 1 fully saturated rings. The first-order valence-corrected chi connectivity index (χ1v) is 6.78. The van der Waals surface area contributed by atoms with Gasteiger partial charge in [0.15, 0.2) is 0 Å². The van der Waals surface area contributed by atoms with Crippen molar-refractivity contribution in [3.05, 3.63) is 0 Å². The number of nitrogens with one attached hydrogen (secondary N) is 1. The van der Waals surface area contributed by atoms with Crippen molar-refractivity contribution in [2.24, 2.45) is 5.92 Å². The second-order valence-electron chi connectivity index (χ2n) is 5.10. The van der Waals surface area contributed by atoms with Crippen molar-refractivity contribution >= 4 is 11.9 Å². The van der Waals surface area contributed by atoms with Crippen LogP contribution in [0.3, 0.4) is 0 Å². The minimum absolute atomic E-state index is 0.00735. The molecule has 2 N–H and O–H groups in total. The Morgan fingerprint density at radius 1 is 1.44 bits per heavy atom. The SMILES string of the molecule is CCCCNC(=O)CN(CC(C)C(=O)O)C1CC1. The first-order chi connectivity index (χ1) is 8.54. The highest BCUT2D eigenvalue weighted by atomic mass is 16.4. The molecule has 104 valence electrons. The normalized spacial score (nSPS) is 16.6. The van der Waals surface area contributed by atoms with Crippen molar-refractivity contribution in [2.45, 2.75) is 45.6 Å². The maximum absolute atomic E-state index is 11.7. The molecule has 1 amide bonds. The lowest BCUT2D eigenvalue weighted by Crippen LogP contribution is -2.41. The summed E-state index contributed by atoms with van der Waals surface area (Å²) >= 11 is 0. The molecule has 0 heterocycles. The molecule has 0 saturated heterocycles. The smallest absolute Gasteiger partial charge is 0.307 e. The van der Waals surface area contributed by atoms with Gasteiger partial charge in [0.1, 0.15) is 0 Å². The van der Waals surface area contributed by atoms with Crippen molar-refractivity contribution in [3.63, 3.8) is 0 Å². The quantitative estimate of drug-likeness (QED) is 0.606. The van der Waals surface area contributed by atoms with Gasteiger partial charge in [0, 0.05) is 19.1 Å². The standard InChI is InChI=1S/C13H24N2O3/c1-3-4-7-14-12(16)9-15(11-5-6-11)8-10(2)13(17)18/h10-11H,3-9H2,1-2H3,(H,14,16)(H,17,18). The Balaban J connectivity index is 2.33. The molecule has 0 aliphatic heterocycles. The predicted octanol–water partition coefficient (Wildman–Crippen LogP) is 1.09. The monoisotopic (exact) mass is 256 g/mol. The van der Waals surface area contributed by atoms with Crippen molar-refractivity contribution in [1.82, 2.24) is 10.2 Å². The summed E-state index contributed by atoms with van der Waals surface area (Å²) in [6.45, 7) is 5.26. The average Bonchev–Trinajstić information content (AvgIpc) is 3.12. The maximum atomic E-state index is 11.7. The minimum atomic E-state index is -0.799. The van der Waals surface area contributed by atoms with Crippen LogP contribution in [0, 0.1) is 5.92 Å². The van der Waals surface area contributed by atoms with E-state index in [1.165, 1.54) is 0 Å². The fraction of sp³-hybridized carbons (Fsp3) is 0.846. The molecule has 1 unspecified atom stereocenters. The number of nitrogens with zero attached hydrogens (tertiary/aromatic N) is 1. The highest BCUT2D eigenvalue weighted by molar-refractivity contribution is 5.78. The van der Waals surface area contributed by atoms with Crippen LogP contribution in [-0.4, -0.2) is 47.6 Å². The summed E-state index contributed by atoms with van der Waals surface area (Å²) in [5.74, 6) is -1.21. The number of unbranched alkanes of at least 4 members (excludes halogenated alkanes) is 1. The number of carboxylic acid groups (broad SMARTS) is 1. The first kappa shape index (κ1) is 15.0. The van der Waals surface area contributed by atoms with E-state index in [1.807, 2.05) is 4.90 Å². The Hall–Kier alpha value is -1.10. The highest BCUT2D eigenvalue weighted by Crippen LogP contribution is 2.27. The fourth-order valence-corrected chi connectivity index (χ4v) is 1.86. The molecule has 1 saturated carbocycles. The molecule has 5 heteroatoms. The fourth-order valence-electron chi connectivity index (χ4n) is 1.86. The van der Waals surface area contributed by atoms with Crippen molar-refractivity contribution in [3.8, 4) is 0 Å². The summed E-state index contributed by atoms with van der Waals surface area (Å²) in [4.78, 5) is 24.6. The lowest BCUT2D eigenvalue weighted by atomic mass is 10.1. The summed E-state index contributed by atoms with van der Waals surface area (Å²) in [6.07, 6.45) is 4.20. The van der Waals surface area contributed by atoms with Crippen molar-refractivity contribution in [1.29, 1.82) is 0 Å². The number of aliphatic carboxylic acids is 1. The van der Waals surface area contributed by atoms with Crippen LogP contribution in [0.25, 0.3) is 0 Å².